The molecular formula is C20H17Cl2N4O5PS2. The first-order valence-corrected chi connectivity index (χ1v) is 14.7. The largest absolute Gasteiger partial charge is 0.345 e. The lowest BCUT2D eigenvalue weighted by molar-refractivity contribution is 0.373. The number of hydrogen-bond donors (Lipinski definition) is 2. The van der Waals surface area contributed by atoms with Crippen molar-refractivity contribution in [2.24, 2.45) is 0 Å². The number of rotatable bonds is 7. The molecule has 0 aliphatic heterocycles. The molecule has 2 aromatic heterocycles. The molecule has 4 rings (SSSR count). The van der Waals surface area contributed by atoms with Crippen LogP contribution in [0, 0.1) is 0 Å². The molecule has 0 unspecified atom stereocenters. The lowest BCUT2D eigenvalue weighted by Crippen LogP contribution is -2.32. The van der Waals surface area contributed by atoms with E-state index in [1.165, 1.54) is 42.1 Å². The highest BCUT2D eigenvalue weighted by molar-refractivity contribution is 7.98. The van der Waals surface area contributed by atoms with Crippen LogP contribution in [0.25, 0.3) is 16.7 Å². The van der Waals surface area contributed by atoms with Gasteiger partial charge in [0.25, 0.3) is 10.0 Å². The summed E-state index contributed by atoms with van der Waals surface area (Å²) in [6.07, 6.45) is 2.58. The van der Waals surface area contributed by atoms with Crippen molar-refractivity contribution >= 4 is 69.2 Å². The normalized spacial score (nSPS) is 12.3. The molecule has 178 valence electrons. The quantitative estimate of drug-likeness (QED) is 0.245. The number of hydrogen-bond acceptors (Lipinski definition) is 6. The average molecular weight is 559 g/mol. The first-order valence-electron chi connectivity index (χ1n) is 9.50. The zero-order valence-electron chi connectivity index (χ0n) is 17.4. The molecule has 34 heavy (non-hydrogen) atoms. The van der Waals surface area contributed by atoms with Gasteiger partial charge in [-0.05, 0) is 60.9 Å². The Balaban J connectivity index is 1.81. The third-order valence-corrected chi connectivity index (χ3v) is 8.45. The predicted octanol–water partition coefficient (Wildman–Crippen LogP) is 4.78. The number of benzene rings is 2. The van der Waals surface area contributed by atoms with Crippen LogP contribution in [0.3, 0.4) is 0 Å². The van der Waals surface area contributed by atoms with Crippen molar-refractivity contribution in [3.63, 3.8) is 0 Å². The van der Waals surface area contributed by atoms with Gasteiger partial charge in [-0.25, -0.2) is 8.42 Å². The molecule has 0 fully saturated rings. The van der Waals surface area contributed by atoms with E-state index in [2.05, 4.69) is 10.2 Å². The van der Waals surface area contributed by atoms with Crippen molar-refractivity contribution in [3.05, 3.63) is 70.8 Å². The first-order chi connectivity index (χ1) is 16.0. The fourth-order valence-electron chi connectivity index (χ4n) is 3.30. The molecule has 0 saturated heterocycles. The average Bonchev–Trinajstić information content (AvgIpc) is 3.19. The van der Waals surface area contributed by atoms with E-state index < -0.39 is 23.9 Å². The van der Waals surface area contributed by atoms with Crippen LogP contribution < -0.4 is 4.31 Å². The Morgan fingerprint density at radius 2 is 1.74 bits per heavy atom. The Morgan fingerprint density at radius 3 is 2.32 bits per heavy atom. The van der Waals surface area contributed by atoms with Gasteiger partial charge in [-0.3, -0.25) is 13.4 Å². The lowest BCUT2D eigenvalue weighted by Gasteiger charge is -2.25. The maximum absolute atomic E-state index is 13.4. The fraction of sp³-hybridized carbons (Fsp3) is 0.100. The van der Waals surface area contributed by atoms with Crippen LogP contribution in [0.4, 0.5) is 5.69 Å². The number of thioether (sulfide) groups is 1. The Kier molecular flexibility index (Phi) is 6.99. The lowest BCUT2D eigenvalue weighted by atomic mass is 10.2. The summed E-state index contributed by atoms with van der Waals surface area (Å²) in [5.41, 5.74) is 0.766. The molecule has 0 saturated carbocycles. The van der Waals surface area contributed by atoms with Crippen LogP contribution in [0.5, 0.6) is 0 Å². The monoisotopic (exact) mass is 558 g/mol. The van der Waals surface area contributed by atoms with Gasteiger partial charge in [-0.2, -0.15) is 0 Å². The zero-order valence-corrected chi connectivity index (χ0v) is 21.4. The van der Waals surface area contributed by atoms with Gasteiger partial charge in [-0.15, -0.1) is 22.0 Å². The van der Waals surface area contributed by atoms with Crippen LogP contribution in [0.2, 0.25) is 10.0 Å². The minimum absolute atomic E-state index is 0.0634. The van der Waals surface area contributed by atoms with Crippen LogP contribution in [0.15, 0.2) is 70.7 Å². The maximum Gasteiger partial charge on any atom is 0.345 e. The summed E-state index contributed by atoms with van der Waals surface area (Å²) in [6.45, 7) is 0. The maximum atomic E-state index is 13.4. The van der Waals surface area contributed by atoms with Crippen LogP contribution in [0.1, 0.15) is 0 Å². The standard InChI is InChI=1S/C20H17Cl2N4O5PS2/c1-33-20-5-4-19(23-24-20)25-7-6-13-8-16(2-3-18(13)25)26(12-32(27,28)29)34(30,31)17-10-14(21)9-15(22)11-17/h2-11H,12H2,1H3,(H2,27,28,29). The predicted molar refractivity (Wildman–Crippen MR) is 134 cm³/mol. The van der Waals surface area contributed by atoms with Crippen LogP contribution in [-0.4, -0.2) is 45.5 Å². The van der Waals surface area contributed by atoms with Crippen molar-refractivity contribution in [2.45, 2.75) is 9.92 Å². The summed E-state index contributed by atoms with van der Waals surface area (Å²) in [6, 6.07) is 13.7. The Bertz CT molecular complexity index is 1500. The number of anilines is 1. The SMILES string of the molecule is CSc1ccc(-n2ccc3cc(N(CP(=O)(O)O)S(=O)(=O)c4cc(Cl)cc(Cl)c4)ccc32)nn1. The van der Waals surface area contributed by atoms with E-state index in [1.54, 1.807) is 29.0 Å². The number of sulfonamides is 1. The van der Waals surface area contributed by atoms with Crippen molar-refractivity contribution in [1.29, 1.82) is 0 Å². The Hall–Kier alpha value is -2.11. The topological polar surface area (TPSA) is 126 Å². The third-order valence-electron chi connectivity index (χ3n) is 4.78. The van der Waals surface area contributed by atoms with Gasteiger partial charge < -0.3 is 9.79 Å². The summed E-state index contributed by atoms with van der Waals surface area (Å²) in [7, 11) is -9.20. The number of halogens is 2. The highest BCUT2D eigenvalue weighted by Crippen LogP contribution is 2.40. The summed E-state index contributed by atoms with van der Waals surface area (Å²) in [5, 5.41) is 9.86. The fourth-order valence-corrected chi connectivity index (χ4v) is 7.04. The molecular weight excluding hydrogens is 542 g/mol. The molecule has 0 atom stereocenters. The molecule has 0 bridgehead atoms. The molecule has 4 aromatic rings. The van der Waals surface area contributed by atoms with Gasteiger partial charge in [0.15, 0.2) is 5.82 Å². The summed E-state index contributed by atoms with van der Waals surface area (Å²) in [4.78, 5) is 18.9. The van der Waals surface area contributed by atoms with Crippen molar-refractivity contribution in [1.82, 2.24) is 14.8 Å². The van der Waals surface area contributed by atoms with E-state index in [9.17, 15) is 22.8 Å². The van der Waals surface area contributed by atoms with Crippen molar-refractivity contribution in [3.8, 4) is 5.82 Å². The van der Waals surface area contributed by atoms with Gasteiger partial charge in [-0.1, -0.05) is 23.2 Å². The van der Waals surface area contributed by atoms with Gasteiger partial charge in [0, 0.05) is 21.6 Å². The van der Waals surface area contributed by atoms with E-state index in [0.717, 1.165) is 5.03 Å². The molecule has 2 heterocycles. The molecule has 0 radical (unpaired) electrons. The minimum Gasteiger partial charge on any atom is -0.323 e. The van der Waals surface area contributed by atoms with Crippen LogP contribution in [-0.2, 0) is 14.6 Å². The first kappa shape index (κ1) is 25.0. The van der Waals surface area contributed by atoms with E-state index in [4.69, 9.17) is 23.2 Å². The second kappa shape index (κ2) is 9.50. The van der Waals surface area contributed by atoms with E-state index >= 15 is 0 Å². The molecule has 14 heteroatoms. The smallest absolute Gasteiger partial charge is 0.323 e. The molecule has 0 spiro atoms. The Morgan fingerprint density at radius 1 is 1.03 bits per heavy atom. The summed E-state index contributed by atoms with van der Waals surface area (Å²) >= 11 is 13.4. The van der Waals surface area contributed by atoms with Gasteiger partial charge >= 0.3 is 7.60 Å². The van der Waals surface area contributed by atoms with Crippen molar-refractivity contribution in [2.75, 3.05) is 16.8 Å². The second-order valence-corrected chi connectivity index (χ2v) is 12.3. The van der Waals surface area contributed by atoms with Gasteiger partial charge in [0.05, 0.1) is 16.1 Å². The molecule has 2 aromatic carbocycles. The molecule has 2 N–H and O–H groups in total. The number of nitrogens with zero attached hydrogens (tertiary/aromatic N) is 4. The van der Waals surface area contributed by atoms with E-state index in [-0.39, 0.29) is 20.6 Å². The Labute approximate surface area is 209 Å². The highest BCUT2D eigenvalue weighted by Gasteiger charge is 2.32. The molecule has 9 nitrogen and oxygen atoms in total. The number of fused-ring (bicyclic) bond motifs is 1. The van der Waals surface area contributed by atoms with E-state index in [0.29, 0.717) is 21.0 Å². The zero-order chi connectivity index (χ0) is 24.7. The van der Waals surface area contributed by atoms with Crippen molar-refractivity contribution < 1.29 is 22.8 Å². The van der Waals surface area contributed by atoms with Gasteiger partial charge in [0.1, 0.15) is 11.3 Å². The van der Waals surface area contributed by atoms with Gasteiger partial charge in [0.2, 0.25) is 0 Å². The highest BCUT2D eigenvalue weighted by atomic mass is 35.5. The van der Waals surface area contributed by atoms with Crippen LogP contribution >= 0.6 is 42.6 Å². The minimum atomic E-state index is -4.78. The summed E-state index contributed by atoms with van der Waals surface area (Å²) < 4.78 is 41.0. The second-order valence-electron chi connectivity index (χ2n) is 7.13. The van der Waals surface area contributed by atoms with E-state index in [1.807, 2.05) is 12.3 Å². The molecule has 0 aliphatic carbocycles. The third kappa shape index (κ3) is 5.26. The molecule has 0 aliphatic rings. The summed E-state index contributed by atoms with van der Waals surface area (Å²) in [5.74, 6) is 0.564. The number of aromatic nitrogens is 3. The molecule has 0 amide bonds.